The third-order valence-corrected chi connectivity index (χ3v) is 5.04. The molecule has 2 saturated carbocycles. The average molecular weight is 254 g/mol. The smallest absolute Gasteiger partial charge is 0.118 e. The molecule has 0 heterocycles. The molecule has 3 N–H and O–H groups in total. The predicted molar refractivity (Wildman–Crippen MR) is 72.4 cm³/mol. The summed E-state index contributed by atoms with van der Waals surface area (Å²) in [6, 6.07) is 0. The first kappa shape index (κ1) is 13.8. The van der Waals surface area contributed by atoms with E-state index in [0.29, 0.717) is 19.1 Å². The molecular weight excluding hydrogens is 228 g/mol. The van der Waals surface area contributed by atoms with E-state index in [0.717, 1.165) is 38.5 Å². The van der Waals surface area contributed by atoms with Crippen molar-refractivity contribution in [1.82, 2.24) is 0 Å². The summed E-state index contributed by atoms with van der Waals surface area (Å²) in [6.07, 6.45) is 9.10. The normalized spacial score (nSPS) is 40.1. The maximum Gasteiger partial charge on any atom is 0.118 e. The number of rotatable bonds is 5. The van der Waals surface area contributed by atoms with Crippen molar-refractivity contribution in [2.75, 3.05) is 13.2 Å². The lowest BCUT2D eigenvalue weighted by atomic mass is 9.63. The van der Waals surface area contributed by atoms with Gasteiger partial charge in [-0.3, -0.25) is 0 Å². The van der Waals surface area contributed by atoms with Crippen LogP contribution in [0.3, 0.4) is 0 Å². The molecular formula is C14H26N2O2. The van der Waals surface area contributed by atoms with Crippen LogP contribution in [0.25, 0.3) is 0 Å². The van der Waals surface area contributed by atoms with E-state index in [-0.39, 0.29) is 5.41 Å². The number of nitrogens with zero attached hydrogens (tertiary/aromatic N) is 1. The molecule has 0 amide bonds. The van der Waals surface area contributed by atoms with Gasteiger partial charge in [0.05, 0.1) is 5.60 Å². The Morgan fingerprint density at radius 3 is 2.94 bits per heavy atom. The fourth-order valence-corrected chi connectivity index (χ4v) is 3.64. The number of aliphatic hydroxyl groups is 1. The molecule has 0 aromatic heterocycles. The van der Waals surface area contributed by atoms with Crippen molar-refractivity contribution in [3.8, 4) is 0 Å². The van der Waals surface area contributed by atoms with Crippen LogP contribution < -0.4 is 5.73 Å². The Morgan fingerprint density at radius 2 is 2.17 bits per heavy atom. The summed E-state index contributed by atoms with van der Waals surface area (Å²) in [5.74, 6) is 0.348. The van der Waals surface area contributed by atoms with Crippen LogP contribution in [-0.2, 0) is 4.84 Å². The second kappa shape index (κ2) is 5.57. The summed E-state index contributed by atoms with van der Waals surface area (Å²) < 4.78 is 0. The molecule has 2 aliphatic rings. The molecule has 0 radical (unpaired) electrons. The lowest BCUT2D eigenvalue weighted by Crippen LogP contribution is -2.47. The monoisotopic (exact) mass is 254 g/mol. The Balaban J connectivity index is 1.93. The minimum Gasteiger partial charge on any atom is -0.396 e. The van der Waals surface area contributed by atoms with E-state index >= 15 is 0 Å². The van der Waals surface area contributed by atoms with Gasteiger partial charge in [-0.2, -0.15) is 0 Å². The van der Waals surface area contributed by atoms with Gasteiger partial charge >= 0.3 is 0 Å². The van der Waals surface area contributed by atoms with E-state index in [4.69, 9.17) is 10.6 Å². The summed E-state index contributed by atoms with van der Waals surface area (Å²) in [7, 11) is 0. The maximum absolute atomic E-state index is 10.8. The largest absolute Gasteiger partial charge is 0.396 e. The topological polar surface area (TPSA) is 67.8 Å². The third-order valence-electron chi connectivity index (χ3n) is 5.04. The van der Waals surface area contributed by atoms with Gasteiger partial charge in [0.15, 0.2) is 0 Å². The highest BCUT2D eigenvalue weighted by molar-refractivity contribution is 5.62. The lowest BCUT2D eigenvalue weighted by molar-refractivity contribution is -0.0897. The second-order valence-corrected chi connectivity index (χ2v) is 6.03. The Hall–Kier alpha value is -0.610. The highest BCUT2D eigenvalue weighted by Gasteiger charge is 2.56. The van der Waals surface area contributed by atoms with Crippen molar-refractivity contribution in [1.29, 1.82) is 0 Å². The summed E-state index contributed by atoms with van der Waals surface area (Å²) in [5.41, 5.74) is 4.91. The predicted octanol–water partition coefficient (Wildman–Crippen LogP) is 2.06. The first-order valence-electron chi connectivity index (χ1n) is 7.20. The van der Waals surface area contributed by atoms with E-state index in [9.17, 15) is 5.11 Å². The minimum absolute atomic E-state index is 0.00796. The van der Waals surface area contributed by atoms with Crippen LogP contribution in [0.1, 0.15) is 51.9 Å². The van der Waals surface area contributed by atoms with Crippen molar-refractivity contribution in [3.05, 3.63) is 0 Å². The van der Waals surface area contributed by atoms with Crippen molar-refractivity contribution in [2.45, 2.75) is 57.5 Å². The van der Waals surface area contributed by atoms with Gasteiger partial charge in [0.1, 0.15) is 6.61 Å². The first-order chi connectivity index (χ1) is 8.62. The van der Waals surface area contributed by atoms with Crippen LogP contribution in [0.2, 0.25) is 0 Å². The van der Waals surface area contributed by atoms with E-state index in [2.05, 4.69) is 12.1 Å². The molecule has 3 atom stereocenters. The number of fused-ring (bicyclic) bond motifs is 1. The van der Waals surface area contributed by atoms with E-state index in [1.54, 1.807) is 0 Å². The summed E-state index contributed by atoms with van der Waals surface area (Å²) in [6.45, 7) is 3.44. The van der Waals surface area contributed by atoms with Crippen LogP contribution >= 0.6 is 0 Å². The Kier molecular flexibility index (Phi) is 4.28. The fraction of sp³-hybridized carbons (Fsp3) is 0.929. The lowest BCUT2D eigenvalue weighted by Gasteiger charge is -2.46. The Morgan fingerprint density at radius 1 is 1.39 bits per heavy atom. The van der Waals surface area contributed by atoms with Crippen LogP contribution in [-0.4, -0.2) is 30.1 Å². The van der Waals surface area contributed by atoms with Gasteiger partial charge in [-0.15, -0.1) is 0 Å². The first-order valence-corrected chi connectivity index (χ1v) is 7.20. The zero-order valence-corrected chi connectivity index (χ0v) is 11.4. The van der Waals surface area contributed by atoms with Crippen LogP contribution in [0.15, 0.2) is 5.16 Å². The standard InChI is InChI=1S/C14H26N2O2/c1-13-6-2-3-7-14(13,17)8-5-12(13)11-16-18-10-4-9-15/h11-12,17H,2-10,15H2,1H3/b16-11+/t12-,13-,14-/m1/s1. The zero-order valence-electron chi connectivity index (χ0n) is 11.4. The van der Waals surface area contributed by atoms with Gasteiger partial charge in [-0.05, 0) is 38.6 Å². The minimum atomic E-state index is -0.473. The molecule has 2 rings (SSSR count). The molecule has 0 aromatic rings. The van der Waals surface area contributed by atoms with Gasteiger partial charge < -0.3 is 15.7 Å². The molecule has 18 heavy (non-hydrogen) atoms. The van der Waals surface area contributed by atoms with Gasteiger partial charge in [-0.1, -0.05) is 24.9 Å². The van der Waals surface area contributed by atoms with Gasteiger partial charge in [-0.25, -0.2) is 0 Å². The third kappa shape index (κ3) is 2.41. The molecule has 0 spiro atoms. The van der Waals surface area contributed by atoms with Crippen molar-refractivity contribution < 1.29 is 9.94 Å². The van der Waals surface area contributed by atoms with Crippen LogP contribution in [0.4, 0.5) is 0 Å². The summed E-state index contributed by atoms with van der Waals surface area (Å²) in [4.78, 5) is 5.20. The quantitative estimate of drug-likeness (QED) is 0.448. The van der Waals surface area contributed by atoms with Gasteiger partial charge in [0, 0.05) is 17.5 Å². The van der Waals surface area contributed by atoms with E-state index in [1.807, 2.05) is 6.21 Å². The average Bonchev–Trinajstić information content (AvgIpc) is 2.62. The fourth-order valence-electron chi connectivity index (χ4n) is 3.64. The van der Waals surface area contributed by atoms with Crippen LogP contribution in [0.5, 0.6) is 0 Å². The molecule has 4 heteroatoms. The Bertz CT molecular complexity index is 308. The zero-order chi connectivity index (χ0) is 13.1. The number of hydrogen-bond acceptors (Lipinski definition) is 4. The highest BCUT2D eigenvalue weighted by Crippen LogP contribution is 2.57. The highest BCUT2D eigenvalue weighted by atomic mass is 16.6. The van der Waals surface area contributed by atoms with E-state index in [1.165, 1.54) is 6.42 Å². The van der Waals surface area contributed by atoms with Gasteiger partial charge in [0.2, 0.25) is 0 Å². The molecule has 2 aliphatic carbocycles. The summed E-state index contributed by atoms with van der Waals surface area (Å²) in [5, 5.41) is 14.8. The number of oxime groups is 1. The summed E-state index contributed by atoms with van der Waals surface area (Å²) >= 11 is 0. The maximum atomic E-state index is 10.8. The second-order valence-electron chi connectivity index (χ2n) is 6.03. The molecule has 2 fully saturated rings. The van der Waals surface area contributed by atoms with Gasteiger partial charge in [0.25, 0.3) is 0 Å². The SMILES string of the molecule is C[C@]12CCCC[C@@]1(O)CC[C@@H]2/C=N/OCCCN. The molecule has 0 aliphatic heterocycles. The van der Waals surface area contributed by atoms with Crippen molar-refractivity contribution >= 4 is 6.21 Å². The van der Waals surface area contributed by atoms with Crippen molar-refractivity contribution in [2.24, 2.45) is 22.2 Å². The Labute approximate surface area is 110 Å². The molecule has 0 aromatic carbocycles. The van der Waals surface area contributed by atoms with Crippen molar-refractivity contribution in [3.63, 3.8) is 0 Å². The molecule has 4 nitrogen and oxygen atoms in total. The molecule has 0 unspecified atom stereocenters. The molecule has 0 bridgehead atoms. The number of hydrogen-bond donors (Lipinski definition) is 2. The molecule has 104 valence electrons. The van der Waals surface area contributed by atoms with E-state index < -0.39 is 5.60 Å². The molecule has 0 saturated heterocycles. The number of nitrogens with two attached hydrogens (primary N) is 1. The van der Waals surface area contributed by atoms with Crippen LogP contribution in [0, 0.1) is 11.3 Å².